The van der Waals surface area contributed by atoms with Crippen LogP contribution in [0.3, 0.4) is 0 Å². The zero-order valence-electron chi connectivity index (χ0n) is 51.9. The number of aliphatic hydroxyl groups excluding tert-OH is 22. The summed E-state index contributed by atoms with van der Waals surface area (Å²) in [5, 5.41) is 251. The van der Waals surface area contributed by atoms with E-state index in [0.29, 0.717) is 0 Å². The first-order valence-corrected chi connectivity index (χ1v) is 31.2. The van der Waals surface area contributed by atoms with Gasteiger partial charge in [-0.05, 0) is 6.92 Å². The molecule has 8 saturated heterocycles. The van der Waals surface area contributed by atoms with E-state index in [0.717, 1.165) is 0 Å². The van der Waals surface area contributed by atoms with Crippen LogP contribution in [-0.4, -0.2) is 409 Å². The Morgan fingerprint density at radius 3 is 1.34 bits per heavy atom. The normalized spacial score (nSPS) is 51.6. The molecule has 0 aromatic heterocycles. The number of nitrogens with two attached hydrogens (primary N) is 1. The molecular formula is C55H95NO39. The third-order valence-electron chi connectivity index (χ3n) is 19.1. The topological polar surface area (TPSA) is 647 Å². The Hall–Kier alpha value is -2.05. The second kappa shape index (κ2) is 33.4. The molecular weight excluding hydrogens is 1300 g/mol. The number of aliphatic hydroxyl groups is 22. The van der Waals surface area contributed by atoms with Crippen LogP contribution >= 0.6 is 0 Å². The maximum absolute atomic E-state index is 12.9. The summed E-state index contributed by atoms with van der Waals surface area (Å²) in [6.07, 6.45) is -67.6. The molecule has 8 rings (SSSR count). The standard InChI is InChI=1S/C55H95NO39/c1-14-17(4)82-23(10-61)41(28(14)66)89-48-15(2)29(67)42(24(11-62)86-48)90-51-39(77)45(35(73)26(88-51)13-81-50-38(76)36(74)32(70)20(7-58)83-50)92-53-47(37(75)33(71)21(8-59)85-53)93-49-16(3)30(68)43(25(12-63)87-49)91-52-40(78)46(34(72)22(9-60)84-52)95-55(54(79)80)5-18(64)27(56)44(94-55)31(69)19(65)6-57/h14-53,57-78H,5-13,56H2,1-4H3,(H,79,80)/t14-,15+,16+,17+,18-,19-,20?,21-,22?,23?,24?,25?,26?,27-,28?,29?,30?,31+,32-,33-,34+,35-,36?,37?,38-,39?,40+,41-,42-,43-,44?,45+,46?,47?,48+,49+,50+,51+,52+,53-,55+/m1/s1. The minimum absolute atomic E-state index is 0.505. The third-order valence-corrected chi connectivity index (χ3v) is 19.1. The Bertz CT molecular complexity index is 2360. The van der Waals surface area contributed by atoms with Gasteiger partial charge in [-0.3, -0.25) is 0 Å². The fourth-order valence-electron chi connectivity index (χ4n) is 12.8. The molecule has 25 N–H and O–H groups in total. The van der Waals surface area contributed by atoms with Crippen LogP contribution in [0.1, 0.15) is 34.1 Å². The second-order valence-electron chi connectivity index (χ2n) is 25.3. The predicted octanol–water partition coefficient (Wildman–Crippen LogP) is -14.4. The van der Waals surface area contributed by atoms with Crippen LogP contribution in [0.2, 0.25) is 0 Å². The van der Waals surface area contributed by atoms with Crippen molar-refractivity contribution in [1.29, 1.82) is 0 Å². The van der Waals surface area contributed by atoms with E-state index in [2.05, 4.69) is 0 Å². The molecule has 0 bridgehead atoms. The average Bonchev–Trinajstić information content (AvgIpc) is 0.770. The van der Waals surface area contributed by atoms with E-state index in [1.54, 1.807) is 13.8 Å². The van der Waals surface area contributed by atoms with E-state index in [1.165, 1.54) is 13.8 Å². The maximum atomic E-state index is 12.9. The minimum atomic E-state index is -3.12. The Morgan fingerprint density at radius 1 is 0.432 bits per heavy atom. The Morgan fingerprint density at radius 2 is 0.832 bits per heavy atom. The van der Waals surface area contributed by atoms with Gasteiger partial charge in [0.25, 0.3) is 5.79 Å². The third kappa shape index (κ3) is 16.3. The van der Waals surface area contributed by atoms with Gasteiger partial charge in [-0.15, -0.1) is 0 Å². The smallest absolute Gasteiger partial charge is 0.364 e. The quantitative estimate of drug-likeness (QED) is 0.0404. The molecule has 8 aliphatic heterocycles. The monoisotopic (exact) mass is 1390 g/mol. The van der Waals surface area contributed by atoms with E-state index in [9.17, 15) is 122 Å². The van der Waals surface area contributed by atoms with Gasteiger partial charge in [-0.2, -0.15) is 0 Å². The van der Waals surface area contributed by atoms with Crippen LogP contribution in [0.25, 0.3) is 0 Å². The summed E-state index contributed by atoms with van der Waals surface area (Å²) in [5.74, 6) is -8.21. The van der Waals surface area contributed by atoms with E-state index >= 15 is 0 Å². The molecule has 0 amide bonds. The van der Waals surface area contributed by atoms with Crippen molar-refractivity contribution in [1.82, 2.24) is 0 Å². The van der Waals surface area contributed by atoms with E-state index in [1.807, 2.05) is 0 Å². The minimum Gasteiger partial charge on any atom is -0.477 e. The largest absolute Gasteiger partial charge is 0.477 e. The summed E-state index contributed by atoms with van der Waals surface area (Å²) >= 11 is 0. The summed E-state index contributed by atoms with van der Waals surface area (Å²) < 4.78 is 88.5. The van der Waals surface area contributed by atoms with E-state index in [4.69, 9.17) is 76.8 Å². The van der Waals surface area contributed by atoms with Crippen molar-refractivity contribution in [2.24, 2.45) is 23.5 Å². The number of carboxylic acids is 1. The molecule has 40 nitrogen and oxygen atoms in total. The fraction of sp³-hybridized carbons (Fsp3) is 0.982. The number of hydrogen-bond donors (Lipinski definition) is 24. The lowest BCUT2D eigenvalue weighted by Crippen LogP contribution is -2.70. The summed E-state index contributed by atoms with van der Waals surface area (Å²) in [5.41, 5.74) is 5.97. The molecule has 8 fully saturated rings. The van der Waals surface area contributed by atoms with Gasteiger partial charge in [-0.1, -0.05) is 20.8 Å². The zero-order chi connectivity index (χ0) is 70.1. The van der Waals surface area contributed by atoms with Gasteiger partial charge < -0.3 is 194 Å². The first-order valence-electron chi connectivity index (χ1n) is 31.2. The lowest BCUT2D eigenvalue weighted by Gasteiger charge is -2.51. The molecule has 8 heterocycles. The highest BCUT2D eigenvalue weighted by Gasteiger charge is 2.62. The Labute approximate surface area is 541 Å². The highest BCUT2D eigenvalue weighted by Crippen LogP contribution is 2.42. The van der Waals surface area contributed by atoms with Crippen molar-refractivity contribution in [2.75, 3.05) is 52.9 Å². The first kappa shape index (κ1) is 78.7. The second-order valence-corrected chi connectivity index (χ2v) is 25.3. The number of carboxylic acid groups (broad SMARTS) is 1. The predicted molar refractivity (Wildman–Crippen MR) is 297 cm³/mol. The van der Waals surface area contributed by atoms with Gasteiger partial charge in [-0.25, -0.2) is 4.79 Å². The van der Waals surface area contributed by atoms with Gasteiger partial charge in [0.1, 0.15) is 153 Å². The van der Waals surface area contributed by atoms with Crippen LogP contribution in [0.5, 0.6) is 0 Å². The number of ether oxygens (including phenoxy) is 15. The summed E-state index contributed by atoms with van der Waals surface area (Å²) in [4.78, 5) is 12.9. The fourth-order valence-corrected chi connectivity index (χ4v) is 12.8. The van der Waals surface area contributed by atoms with Crippen LogP contribution in [0.15, 0.2) is 0 Å². The molecule has 0 aliphatic carbocycles. The molecule has 0 aromatic carbocycles. The Balaban J connectivity index is 1.03. The molecule has 40 heteroatoms. The SMILES string of the molecule is C[C@@H]1OC(CO)[C@@H](O[C@@H]2OC(CO)[C@@H](O[C@@H]3OC(CO[C@H]4OC(CO)[C@@H](O)C(O)[C@H]4O)[C@@H](O)[C@H](O[C@H]4O[C@H](CO)[C@@H](O)C(O)C4O[C@@H]4OC(CO)[C@@H](O[C@@H]5OC(CO)[C@H](O)C(O[C@]6(C(=O)O)C[C@@H](O)[C@@H](N)C([C@@H](O)[C@H](O)CO)O6)[C@@H]5O)C(O)[C@@H]4C)C3O)C(O)[C@@H]2C)C(O)[C@@H]1C. The molecule has 0 radical (unpaired) electrons. The molecule has 0 aromatic rings. The van der Waals surface area contributed by atoms with Crippen molar-refractivity contribution in [2.45, 2.75) is 267 Å². The molecule has 0 spiro atoms. The van der Waals surface area contributed by atoms with Gasteiger partial charge in [0, 0.05) is 24.2 Å². The van der Waals surface area contributed by atoms with Crippen molar-refractivity contribution < 1.29 is 193 Å². The highest BCUT2D eigenvalue weighted by atomic mass is 16.8. The van der Waals surface area contributed by atoms with Gasteiger partial charge in [0.05, 0.1) is 89.4 Å². The van der Waals surface area contributed by atoms with Crippen molar-refractivity contribution in [3.8, 4) is 0 Å². The van der Waals surface area contributed by atoms with Gasteiger partial charge in [0.15, 0.2) is 37.7 Å². The van der Waals surface area contributed by atoms with Crippen LogP contribution in [0.4, 0.5) is 0 Å². The average molecular weight is 1390 g/mol. The van der Waals surface area contributed by atoms with Crippen molar-refractivity contribution >= 4 is 5.97 Å². The molecule has 8 aliphatic rings. The first-order chi connectivity index (χ1) is 44.9. The molecule has 554 valence electrons. The van der Waals surface area contributed by atoms with Gasteiger partial charge >= 0.3 is 5.97 Å². The van der Waals surface area contributed by atoms with Gasteiger partial charge in [0.2, 0.25) is 0 Å². The molecule has 41 atom stereocenters. The summed E-state index contributed by atoms with van der Waals surface area (Å²) in [6, 6.07) is -1.61. The highest BCUT2D eigenvalue weighted by molar-refractivity contribution is 5.76. The van der Waals surface area contributed by atoms with Crippen LogP contribution in [0, 0.1) is 17.8 Å². The van der Waals surface area contributed by atoms with Crippen LogP contribution in [-0.2, 0) is 75.8 Å². The molecule has 95 heavy (non-hydrogen) atoms. The number of hydrogen-bond acceptors (Lipinski definition) is 39. The number of rotatable bonds is 25. The van der Waals surface area contributed by atoms with E-state index in [-0.39, 0.29) is 0 Å². The molecule has 0 saturated carbocycles. The number of carbonyl (C=O) groups is 1. The summed E-state index contributed by atoms with van der Waals surface area (Å²) in [6.45, 7) is -1.58. The lowest BCUT2D eigenvalue weighted by atomic mass is 9.88. The molecule has 15 unspecified atom stereocenters. The van der Waals surface area contributed by atoms with E-state index < -0.39 is 316 Å². The van der Waals surface area contributed by atoms with Crippen molar-refractivity contribution in [3.63, 3.8) is 0 Å². The summed E-state index contributed by atoms with van der Waals surface area (Å²) in [7, 11) is 0. The Kier molecular flexibility index (Phi) is 27.6. The zero-order valence-corrected chi connectivity index (χ0v) is 51.9. The van der Waals surface area contributed by atoms with Crippen LogP contribution < -0.4 is 5.73 Å². The maximum Gasteiger partial charge on any atom is 0.364 e. The lowest BCUT2D eigenvalue weighted by molar-refractivity contribution is -0.403. The van der Waals surface area contributed by atoms with Crippen molar-refractivity contribution in [3.05, 3.63) is 0 Å². The number of aliphatic carboxylic acids is 1.